The van der Waals surface area contributed by atoms with E-state index in [0.29, 0.717) is 13.2 Å². The molecule has 1 aromatic carbocycles. The number of benzene rings is 1. The molecule has 5 nitrogen and oxygen atoms in total. The molecule has 0 spiro atoms. The monoisotopic (exact) mass is 313 g/mol. The van der Waals surface area contributed by atoms with Crippen LogP contribution in [0.4, 0.5) is 0 Å². The van der Waals surface area contributed by atoms with Crippen molar-refractivity contribution >= 4 is 10.0 Å². The van der Waals surface area contributed by atoms with Crippen LogP contribution in [0.3, 0.4) is 0 Å². The lowest BCUT2D eigenvalue weighted by Gasteiger charge is -2.24. The fourth-order valence-corrected chi connectivity index (χ4v) is 3.38. The van der Waals surface area contributed by atoms with Crippen LogP contribution in [-0.4, -0.2) is 40.1 Å². The van der Waals surface area contributed by atoms with Crippen molar-refractivity contribution in [2.45, 2.75) is 31.3 Å². The van der Waals surface area contributed by atoms with Crippen LogP contribution < -0.4 is 5.14 Å². The molecule has 2 unspecified atom stereocenters. The zero-order valence-corrected chi connectivity index (χ0v) is 12.9. The van der Waals surface area contributed by atoms with E-state index in [1.807, 2.05) is 30.3 Å². The molecule has 0 radical (unpaired) electrons. The summed E-state index contributed by atoms with van der Waals surface area (Å²) in [6.07, 6.45) is 3.40. The van der Waals surface area contributed by atoms with Crippen molar-refractivity contribution in [3.8, 4) is 0 Å². The first-order valence-corrected chi connectivity index (χ1v) is 9.01. The van der Waals surface area contributed by atoms with E-state index >= 15 is 0 Å². The Bertz CT molecular complexity index is 512. The molecule has 1 fully saturated rings. The highest BCUT2D eigenvalue weighted by Crippen LogP contribution is 2.19. The van der Waals surface area contributed by atoms with E-state index in [4.69, 9.17) is 14.6 Å². The van der Waals surface area contributed by atoms with E-state index in [2.05, 4.69) is 0 Å². The second-order valence-corrected chi connectivity index (χ2v) is 7.12. The third-order valence-corrected chi connectivity index (χ3v) is 4.47. The highest BCUT2D eigenvalue weighted by molar-refractivity contribution is 7.89. The molecule has 21 heavy (non-hydrogen) atoms. The molecule has 1 saturated heterocycles. The molecule has 1 aliphatic heterocycles. The molecule has 2 rings (SSSR count). The standard InChI is InChI=1S/C15H23NO4S/c16-21(17,18)12-14(13-6-2-1-3-7-13)10-19-11-15-8-4-5-9-20-15/h1-3,6-7,14-15H,4-5,8-12H2,(H2,16,17,18). The molecule has 0 amide bonds. The molecule has 0 aliphatic carbocycles. The van der Waals surface area contributed by atoms with Crippen LogP contribution in [0.25, 0.3) is 0 Å². The van der Waals surface area contributed by atoms with Crippen molar-refractivity contribution in [3.05, 3.63) is 35.9 Å². The van der Waals surface area contributed by atoms with Crippen LogP contribution in [0.15, 0.2) is 30.3 Å². The smallest absolute Gasteiger partial charge is 0.209 e. The fraction of sp³-hybridized carbons (Fsp3) is 0.600. The summed E-state index contributed by atoms with van der Waals surface area (Å²) in [5.41, 5.74) is 0.927. The first-order chi connectivity index (χ1) is 10.0. The van der Waals surface area contributed by atoms with Gasteiger partial charge in [0.25, 0.3) is 0 Å². The summed E-state index contributed by atoms with van der Waals surface area (Å²) >= 11 is 0. The van der Waals surface area contributed by atoms with Crippen LogP contribution in [0.5, 0.6) is 0 Å². The van der Waals surface area contributed by atoms with Crippen LogP contribution >= 0.6 is 0 Å². The van der Waals surface area contributed by atoms with E-state index < -0.39 is 10.0 Å². The molecule has 1 heterocycles. The predicted molar refractivity (Wildman–Crippen MR) is 81.6 cm³/mol. The predicted octanol–water partition coefficient (Wildman–Crippen LogP) is 1.64. The van der Waals surface area contributed by atoms with E-state index in [-0.39, 0.29) is 17.8 Å². The Balaban J connectivity index is 1.89. The van der Waals surface area contributed by atoms with Crippen LogP contribution in [0.2, 0.25) is 0 Å². The van der Waals surface area contributed by atoms with Gasteiger partial charge in [0, 0.05) is 12.5 Å². The van der Waals surface area contributed by atoms with Crippen molar-refractivity contribution in [3.63, 3.8) is 0 Å². The highest BCUT2D eigenvalue weighted by Gasteiger charge is 2.20. The maximum Gasteiger partial charge on any atom is 0.209 e. The number of hydrogen-bond acceptors (Lipinski definition) is 4. The largest absolute Gasteiger partial charge is 0.378 e. The fourth-order valence-electron chi connectivity index (χ4n) is 2.53. The Labute approximate surface area is 126 Å². The average molecular weight is 313 g/mol. The second kappa shape index (κ2) is 7.89. The number of ether oxygens (including phenoxy) is 2. The molecule has 118 valence electrons. The highest BCUT2D eigenvalue weighted by atomic mass is 32.2. The van der Waals surface area contributed by atoms with Crippen molar-refractivity contribution in [1.82, 2.24) is 0 Å². The van der Waals surface area contributed by atoms with Gasteiger partial charge in [0.15, 0.2) is 0 Å². The van der Waals surface area contributed by atoms with Gasteiger partial charge < -0.3 is 9.47 Å². The van der Waals surface area contributed by atoms with Gasteiger partial charge in [-0.3, -0.25) is 0 Å². The molecular weight excluding hydrogens is 290 g/mol. The Morgan fingerprint density at radius 2 is 2.05 bits per heavy atom. The number of primary sulfonamides is 1. The minimum absolute atomic E-state index is 0.109. The van der Waals surface area contributed by atoms with Gasteiger partial charge in [0.1, 0.15) is 0 Å². The molecule has 2 atom stereocenters. The number of sulfonamides is 1. The molecule has 0 aromatic heterocycles. The molecule has 1 aliphatic rings. The summed E-state index contributed by atoms with van der Waals surface area (Å²) in [5, 5.41) is 5.18. The van der Waals surface area contributed by atoms with Gasteiger partial charge in [-0.1, -0.05) is 30.3 Å². The van der Waals surface area contributed by atoms with Crippen LogP contribution in [0.1, 0.15) is 30.7 Å². The van der Waals surface area contributed by atoms with E-state index in [1.54, 1.807) is 0 Å². The molecule has 6 heteroatoms. The maximum atomic E-state index is 11.4. The van der Waals surface area contributed by atoms with E-state index in [0.717, 1.165) is 31.4 Å². The zero-order chi connectivity index (χ0) is 15.1. The second-order valence-electron chi connectivity index (χ2n) is 5.46. The Morgan fingerprint density at radius 1 is 1.29 bits per heavy atom. The lowest BCUT2D eigenvalue weighted by Crippen LogP contribution is -2.28. The first kappa shape index (κ1) is 16.4. The third kappa shape index (κ3) is 6.13. The maximum absolute atomic E-state index is 11.4. The average Bonchev–Trinajstić information content (AvgIpc) is 2.47. The minimum Gasteiger partial charge on any atom is -0.378 e. The Morgan fingerprint density at radius 3 is 2.67 bits per heavy atom. The van der Waals surface area contributed by atoms with Crippen LogP contribution in [-0.2, 0) is 19.5 Å². The molecule has 2 N–H and O–H groups in total. The van der Waals surface area contributed by atoms with Gasteiger partial charge >= 0.3 is 0 Å². The Kier molecular flexibility index (Phi) is 6.17. The van der Waals surface area contributed by atoms with Crippen molar-refractivity contribution in [2.24, 2.45) is 5.14 Å². The Hall–Kier alpha value is -0.950. The summed E-state index contributed by atoms with van der Waals surface area (Å²) in [5.74, 6) is -0.354. The van der Waals surface area contributed by atoms with E-state index in [9.17, 15) is 8.42 Å². The first-order valence-electron chi connectivity index (χ1n) is 7.29. The SMILES string of the molecule is NS(=O)(=O)CC(COCC1CCCCO1)c1ccccc1. The van der Waals surface area contributed by atoms with Crippen molar-refractivity contribution in [2.75, 3.05) is 25.6 Å². The topological polar surface area (TPSA) is 78.6 Å². The van der Waals surface area contributed by atoms with Crippen molar-refractivity contribution < 1.29 is 17.9 Å². The molecule has 0 saturated carbocycles. The van der Waals surface area contributed by atoms with Gasteiger partial charge in [-0.15, -0.1) is 0 Å². The number of rotatable bonds is 7. The van der Waals surface area contributed by atoms with Gasteiger partial charge in [0.2, 0.25) is 10.0 Å². The lowest BCUT2D eigenvalue weighted by molar-refractivity contribution is -0.0423. The minimum atomic E-state index is -3.54. The van der Waals surface area contributed by atoms with Crippen LogP contribution in [0, 0.1) is 0 Å². The molecule has 1 aromatic rings. The van der Waals surface area contributed by atoms with Crippen molar-refractivity contribution in [1.29, 1.82) is 0 Å². The van der Waals surface area contributed by atoms with Gasteiger partial charge in [0.05, 0.1) is 25.1 Å². The summed E-state index contributed by atoms with van der Waals surface area (Å²) in [7, 11) is -3.54. The molecular formula is C15H23NO4S. The third-order valence-electron chi connectivity index (χ3n) is 3.60. The normalized spacial score (nSPS) is 21.1. The summed E-state index contributed by atoms with van der Waals surface area (Å²) in [6.45, 7) is 1.63. The molecule has 0 bridgehead atoms. The van der Waals surface area contributed by atoms with Gasteiger partial charge in [-0.05, 0) is 24.8 Å². The lowest BCUT2D eigenvalue weighted by atomic mass is 10.0. The zero-order valence-electron chi connectivity index (χ0n) is 12.1. The van der Waals surface area contributed by atoms with Gasteiger partial charge in [-0.25, -0.2) is 13.6 Å². The summed E-state index contributed by atoms with van der Waals surface area (Å²) < 4.78 is 34.0. The summed E-state index contributed by atoms with van der Waals surface area (Å²) in [4.78, 5) is 0. The number of hydrogen-bond donors (Lipinski definition) is 1. The number of nitrogens with two attached hydrogens (primary N) is 1. The van der Waals surface area contributed by atoms with E-state index in [1.165, 1.54) is 0 Å². The van der Waals surface area contributed by atoms with Gasteiger partial charge in [-0.2, -0.15) is 0 Å². The quantitative estimate of drug-likeness (QED) is 0.830. The summed E-state index contributed by atoms with van der Waals surface area (Å²) in [6, 6.07) is 9.46.